The molecule has 0 saturated carbocycles. The van der Waals surface area contributed by atoms with Crippen LogP contribution >= 0.6 is 0 Å². The van der Waals surface area contributed by atoms with E-state index >= 15 is 0 Å². The molecule has 18 heavy (non-hydrogen) atoms. The Hall–Kier alpha value is -0.340. The predicted molar refractivity (Wildman–Crippen MR) is 74.6 cm³/mol. The van der Waals surface area contributed by atoms with Gasteiger partial charge in [-0.1, -0.05) is 32.3 Å². The lowest BCUT2D eigenvalue weighted by molar-refractivity contribution is -0.0881. The van der Waals surface area contributed by atoms with Gasteiger partial charge in [0, 0.05) is 12.8 Å². The first-order chi connectivity index (χ1) is 8.74. The van der Waals surface area contributed by atoms with Crippen LogP contribution in [-0.2, 0) is 4.74 Å². The van der Waals surface area contributed by atoms with Crippen molar-refractivity contribution in [2.45, 2.75) is 82.8 Å². The molecule has 1 heterocycles. The summed E-state index contributed by atoms with van der Waals surface area (Å²) in [7, 11) is 0. The van der Waals surface area contributed by atoms with E-state index in [0.29, 0.717) is 0 Å². The van der Waals surface area contributed by atoms with Gasteiger partial charge in [0.25, 0.3) is 0 Å². The predicted octanol–water partition coefficient (Wildman–Crippen LogP) is 3.98. The lowest BCUT2D eigenvalue weighted by atomic mass is 9.79. The van der Waals surface area contributed by atoms with Crippen LogP contribution in [0.4, 0.5) is 0 Å². The third-order valence-corrected chi connectivity index (χ3v) is 4.43. The monoisotopic (exact) mass is 252 g/mol. The van der Waals surface area contributed by atoms with E-state index in [2.05, 4.69) is 13.0 Å². The maximum absolute atomic E-state index is 11.0. The first-order valence-electron chi connectivity index (χ1n) is 7.78. The first kappa shape index (κ1) is 14.1. The molecule has 0 spiro atoms. The van der Waals surface area contributed by atoms with E-state index in [0.717, 1.165) is 45.1 Å². The Bertz CT molecular complexity index is 283. The average Bonchev–Trinajstić information content (AvgIpc) is 2.28. The van der Waals surface area contributed by atoms with E-state index in [9.17, 15) is 5.11 Å². The minimum absolute atomic E-state index is 0.264. The highest BCUT2D eigenvalue weighted by molar-refractivity contribution is 5.18. The Morgan fingerprint density at radius 1 is 1.33 bits per heavy atom. The van der Waals surface area contributed by atoms with Gasteiger partial charge in [0.1, 0.15) is 0 Å². The Kier molecular flexibility index (Phi) is 5.25. The number of allylic oxidation sites excluding steroid dienone is 1. The molecule has 2 heteroatoms. The summed E-state index contributed by atoms with van der Waals surface area (Å²) in [5.74, 6) is 0. The summed E-state index contributed by atoms with van der Waals surface area (Å²) in [5, 5.41) is 11.0. The molecule has 1 fully saturated rings. The van der Waals surface area contributed by atoms with Crippen molar-refractivity contribution in [1.29, 1.82) is 0 Å². The third-order valence-electron chi connectivity index (χ3n) is 4.43. The van der Waals surface area contributed by atoms with E-state index in [1.165, 1.54) is 31.3 Å². The molecular formula is C16H28O2. The SMILES string of the molecule is CCCC1CC(O)(C2=CCCCCCC2)CCO1. The Morgan fingerprint density at radius 3 is 3.00 bits per heavy atom. The van der Waals surface area contributed by atoms with Gasteiger partial charge in [0.15, 0.2) is 0 Å². The zero-order chi connectivity index (χ0) is 12.8. The van der Waals surface area contributed by atoms with E-state index in [4.69, 9.17) is 4.74 Å². The van der Waals surface area contributed by atoms with Gasteiger partial charge in [0.05, 0.1) is 18.3 Å². The smallest absolute Gasteiger partial charge is 0.0903 e. The van der Waals surface area contributed by atoms with Gasteiger partial charge in [-0.25, -0.2) is 0 Å². The van der Waals surface area contributed by atoms with E-state index < -0.39 is 5.60 Å². The molecule has 1 aliphatic carbocycles. The molecule has 1 aliphatic heterocycles. The second-order valence-corrected chi connectivity index (χ2v) is 5.95. The summed E-state index contributed by atoms with van der Waals surface area (Å²) in [6.45, 7) is 2.91. The fourth-order valence-electron chi connectivity index (χ4n) is 3.35. The molecule has 0 aromatic heterocycles. The van der Waals surface area contributed by atoms with Gasteiger partial charge in [-0.2, -0.15) is 0 Å². The van der Waals surface area contributed by atoms with Crippen molar-refractivity contribution >= 4 is 0 Å². The fraction of sp³-hybridized carbons (Fsp3) is 0.875. The number of ether oxygens (including phenoxy) is 1. The molecule has 2 atom stereocenters. The number of hydrogen-bond acceptors (Lipinski definition) is 2. The molecular weight excluding hydrogens is 224 g/mol. The molecule has 0 aromatic rings. The third kappa shape index (κ3) is 3.58. The summed E-state index contributed by atoms with van der Waals surface area (Å²) in [6.07, 6.45) is 13.9. The van der Waals surface area contributed by atoms with Gasteiger partial charge in [-0.05, 0) is 37.7 Å². The maximum Gasteiger partial charge on any atom is 0.0903 e. The summed E-state index contributed by atoms with van der Waals surface area (Å²) in [6, 6.07) is 0. The van der Waals surface area contributed by atoms with Crippen LogP contribution in [0.2, 0.25) is 0 Å². The number of rotatable bonds is 3. The largest absolute Gasteiger partial charge is 0.385 e. The summed E-state index contributed by atoms with van der Waals surface area (Å²) < 4.78 is 5.77. The van der Waals surface area contributed by atoms with Crippen LogP contribution in [0, 0.1) is 0 Å². The van der Waals surface area contributed by atoms with Crippen LogP contribution in [0.3, 0.4) is 0 Å². The van der Waals surface area contributed by atoms with Crippen LogP contribution in [-0.4, -0.2) is 23.4 Å². The van der Waals surface area contributed by atoms with Crippen LogP contribution in [0.1, 0.15) is 71.1 Å². The second kappa shape index (κ2) is 6.72. The van der Waals surface area contributed by atoms with Crippen molar-refractivity contribution in [2.75, 3.05) is 6.61 Å². The normalized spacial score (nSPS) is 34.6. The minimum Gasteiger partial charge on any atom is -0.385 e. The molecule has 0 radical (unpaired) electrons. The molecule has 2 aliphatic rings. The fourth-order valence-corrected chi connectivity index (χ4v) is 3.35. The lowest BCUT2D eigenvalue weighted by Crippen LogP contribution is -2.42. The zero-order valence-electron chi connectivity index (χ0n) is 11.8. The average molecular weight is 252 g/mol. The molecule has 2 unspecified atom stereocenters. The second-order valence-electron chi connectivity index (χ2n) is 5.95. The zero-order valence-corrected chi connectivity index (χ0v) is 11.8. The lowest BCUT2D eigenvalue weighted by Gasteiger charge is -2.39. The molecule has 0 amide bonds. The Morgan fingerprint density at radius 2 is 2.17 bits per heavy atom. The molecule has 1 saturated heterocycles. The quantitative estimate of drug-likeness (QED) is 0.770. The summed E-state index contributed by atoms with van der Waals surface area (Å²) in [5.41, 5.74) is 0.752. The van der Waals surface area contributed by atoms with Gasteiger partial charge < -0.3 is 9.84 Å². The Balaban J connectivity index is 2.03. The number of aliphatic hydroxyl groups is 1. The van der Waals surface area contributed by atoms with Crippen molar-refractivity contribution < 1.29 is 9.84 Å². The molecule has 104 valence electrons. The van der Waals surface area contributed by atoms with E-state index in [-0.39, 0.29) is 6.10 Å². The van der Waals surface area contributed by atoms with Crippen LogP contribution < -0.4 is 0 Å². The maximum atomic E-state index is 11.0. The van der Waals surface area contributed by atoms with Crippen molar-refractivity contribution in [1.82, 2.24) is 0 Å². The van der Waals surface area contributed by atoms with E-state index in [1.54, 1.807) is 0 Å². The molecule has 2 rings (SSSR count). The summed E-state index contributed by atoms with van der Waals surface area (Å²) in [4.78, 5) is 0. The molecule has 0 bridgehead atoms. The van der Waals surface area contributed by atoms with Crippen LogP contribution in [0.25, 0.3) is 0 Å². The van der Waals surface area contributed by atoms with Crippen molar-refractivity contribution in [3.63, 3.8) is 0 Å². The highest BCUT2D eigenvalue weighted by Gasteiger charge is 2.37. The standard InChI is InChI=1S/C16H28O2/c1-2-8-15-13-16(17,11-12-18-15)14-9-6-4-3-5-7-10-14/h9,15,17H,2-8,10-13H2,1H3. The minimum atomic E-state index is -0.560. The number of hydrogen-bond donors (Lipinski definition) is 1. The van der Waals surface area contributed by atoms with Crippen molar-refractivity contribution in [3.8, 4) is 0 Å². The first-order valence-corrected chi connectivity index (χ1v) is 7.78. The highest BCUT2D eigenvalue weighted by Crippen LogP contribution is 2.36. The van der Waals surface area contributed by atoms with Gasteiger partial charge >= 0.3 is 0 Å². The van der Waals surface area contributed by atoms with Crippen LogP contribution in [0.15, 0.2) is 11.6 Å². The van der Waals surface area contributed by atoms with Crippen molar-refractivity contribution in [2.24, 2.45) is 0 Å². The summed E-state index contributed by atoms with van der Waals surface area (Å²) >= 11 is 0. The van der Waals surface area contributed by atoms with Gasteiger partial charge in [-0.15, -0.1) is 0 Å². The molecule has 1 N–H and O–H groups in total. The van der Waals surface area contributed by atoms with Crippen LogP contribution in [0.5, 0.6) is 0 Å². The Labute approximate surface area is 111 Å². The molecule has 0 aromatic carbocycles. The topological polar surface area (TPSA) is 29.5 Å². The van der Waals surface area contributed by atoms with E-state index in [1.807, 2.05) is 0 Å². The van der Waals surface area contributed by atoms with Gasteiger partial charge in [0.2, 0.25) is 0 Å². The highest BCUT2D eigenvalue weighted by atomic mass is 16.5. The van der Waals surface area contributed by atoms with Gasteiger partial charge in [-0.3, -0.25) is 0 Å². The van der Waals surface area contributed by atoms with Crippen molar-refractivity contribution in [3.05, 3.63) is 11.6 Å². The molecule has 2 nitrogen and oxygen atoms in total.